The lowest BCUT2D eigenvalue weighted by molar-refractivity contribution is 0.360. The summed E-state index contributed by atoms with van der Waals surface area (Å²) in [6.07, 6.45) is 1.84. The minimum absolute atomic E-state index is 0.0232. The average Bonchev–Trinajstić information content (AvgIpc) is 2.47. The Morgan fingerprint density at radius 1 is 1.14 bits per heavy atom. The highest BCUT2D eigenvalue weighted by atomic mass is 35.5. The van der Waals surface area contributed by atoms with E-state index >= 15 is 0 Å². The van der Waals surface area contributed by atoms with E-state index < -0.39 is 0 Å². The van der Waals surface area contributed by atoms with Crippen molar-refractivity contribution >= 4 is 23.3 Å². The third kappa shape index (κ3) is 2.17. The molecule has 2 aromatic carbocycles. The molecule has 0 fully saturated rings. The van der Waals surface area contributed by atoms with Crippen molar-refractivity contribution in [2.75, 3.05) is 6.61 Å². The number of phenolic OH excluding ortho intramolecular Hbond substituents is 3. The van der Waals surface area contributed by atoms with E-state index in [1.54, 1.807) is 18.2 Å². The predicted octanol–water partition coefficient (Wildman–Crippen LogP) is 3.70. The summed E-state index contributed by atoms with van der Waals surface area (Å²) < 4.78 is 5.62. The van der Waals surface area contributed by atoms with E-state index in [-0.39, 0.29) is 28.9 Å². The van der Waals surface area contributed by atoms with Crippen LogP contribution in [0.25, 0.3) is 11.6 Å². The van der Waals surface area contributed by atoms with E-state index in [9.17, 15) is 15.3 Å². The maximum Gasteiger partial charge on any atom is 0.165 e. The molecule has 0 atom stereocenters. The zero-order valence-electron chi connectivity index (χ0n) is 11.2. The molecule has 0 aliphatic carbocycles. The van der Waals surface area contributed by atoms with E-state index in [1.165, 1.54) is 6.07 Å². The molecule has 0 spiro atoms. The Labute approximate surface area is 126 Å². The second-order valence-electron chi connectivity index (χ2n) is 4.90. The molecule has 1 aliphatic rings. The molecule has 2 aromatic rings. The van der Waals surface area contributed by atoms with Gasteiger partial charge >= 0.3 is 0 Å². The number of ether oxygens (including phenoxy) is 1. The van der Waals surface area contributed by atoms with E-state index in [2.05, 4.69) is 0 Å². The Morgan fingerprint density at radius 3 is 2.67 bits per heavy atom. The van der Waals surface area contributed by atoms with Gasteiger partial charge in [-0.3, -0.25) is 0 Å². The summed E-state index contributed by atoms with van der Waals surface area (Å²) in [5, 5.41) is 29.4. The number of hydrogen-bond acceptors (Lipinski definition) is 4. The van der Waals surface area contributed by atoms with Crippen molar-refractivity contribution in [3.05, 3.63) is 46.0 Å². The molecule has 0 aromatic heterocycles. The Kier molecular flexibility index (Phi) is 3.18. The summed E-state index contributed by atoms with van der Waals surface area (Å²) in [4.78, 5) is 0. The van der Waals surface area contributed by atoms with Crippen molar-refractivity contribution in [2.45, 2.75) is 6.92 Å². The topological polar surface area (TPSA) is 69.9 Å². The molecule has 1 heterocycles. The summed E-state index contributed by atoms with van der Waals surface area (Å²) in [5.74, 6) is 0.0421. The van der Waals surface area contributed by atoms with E-state index in [1.807, 2.05) is 13.0 Å². The van der Waals surface area contributed by atoms with Gasteiger partial charge in [0.25, 0.3) is 0 Å². The van der Waals surface area contributed by atoms with Crippen LogP contribution in [0.2, 0.25) is 5.02 Å². The van der Waals surface area contributed by atoms with Crippen molar-refractivity contribution < 1.29 is 20.1 Å². The molecule has 4 nitrogen and oxygen atoms in total. The number of phenols is 3. The Bertz CT molecular complexity index is 765. The summed E-state index contributed by atoms with van der Waals surface area (Å²) in [5.41, 5.74) is 2.79. The number of hydrogen-bond donors (Lipinski definition) is 3. The summed E-state index contributed by atoms with van der Waals surface area (Å²) in [6, 6.07) is 6.33. The fourth-order valence-corrected chi connectivity index (χ4v) is 2.60. The van der Waals surface area contributed by atoms with Gasteiger partial charge < -0.3 is 20.1 Å². The Balaban J connectivity index is 2.17. The van der Waals surface area contributed by atoms with E-state index in [0.29, 0.717) is 11.3 Å². The van der Waals surface area contributed by atoms with Crippen molar-refractivity contribution in [1.82, 2.24) is 0 Å². The molecule has 0 unspecified atom stereocenters. The number of halogens is 1. The molecule has 0 bridgehead atoms. The van der Waals surface area contributed by atoms with Crippen molar-refractivity contribution in [3.8, 4) is 23.0 Å². The van der Waals surface area contributed by atoms with Crippen LogP contribution in [0.1, 0.15) is 16.7 Å². The zero-order valence-corrected chi connectivity index (χ0v) is 12.0. The number of rotatable bonds is 1. The maximum atomic E-state index is 9.95. The molecule has 0 radical (unpaired) electrons. The van der Waals surface area contributed by atoms with E-state index in [0.717, 1.165) is 16.7 Å². The molecule has 0 saturated carbocycles. The number of aromatic hydroxyl groups is 3. The third-order valence-electron chi connectivity index (χ3n) is 3.50. The highest BCUT2D eigenvalue weighted by molar-refractivity contribution is 6.34. The number of para-hydroxylation sites is 1. The molecule has 0 saturated heterocycles. The van der Waals surface area contributed by atoms with Crippen LogP contribution < -0.4 is 4.74 Å². The van der Waals surface area contributed by atoms with Crippen LogP contribution in [0.5, 0.6) is 23.0 Å². The number of aryl methyl sites for hydroxylation is 1. The lowest BCUT2D eigenvalue weighted by atomic mass is 9.97. The third-order valence-corrected chi connectivity index (χ3v) is 3.86. The van der Waals surface area contributed by atoms with Crippen LogP contribution in [-0.2, 0) is 0 Å². The molecule has 108 valence electrons. The number of benzene rings is 2. The molecule has 0 amide bonds. The number of fused-ring (bicyclic) bond motifs is 1. The molecule has 3 rings (SSSR count). The fourth-order valence-electron chi connectivity index (χ4n) is 2.39. The van der Waals surface area contributed by atoms with Gasteiger partial charge in [-0.1, -0.05) is 23.7 Å². The van der Waals surface area contributed by atoms with E-state index in [4.69, 9.17) is 16.3 Å². The second-order valence-corrected chi connectivity index (χ2v) is 5.28. The summed E-state index contributed by atoms with van der Waals surface area (Å²) in [6.45, 7) is 2.02. The maximum absolute atomic E-state index is 9.95. The molecule has 5 heteroatoms. The van der Waals surface area contributed by atoms with Crippen LogP contribution in [0.4, 0.5) is 0 Å². The highest BCUT2D eigenvalue weighted by Gasteiger charge is 2.22. The smallest absolute Gasteiger partial charge is 0.165 e. The van der Waals surface area contributed by atoms with Gasteiger partial charge in [0, 0.05) is 16.7 Å². The van der Waals surface area contributed by atoms with Crippen molar-refractivity contribution in [2.24, 2.45) is 0 Å². The molecular weight excluding hydrogens is 292 g/mol. The van der Waals surface area contributed by atoms with Crippen LogP contribution in [-0.4, -0.2) is 21.9 Å². The Morgan fingerprint density at radius 2 is 1.90 bits per heavy atom. The van der Waals surface area contributed by atoms with Gasteiger partial charge in [-0.25, -0.2) is 0 Å². The normalized spacial score (nSPS) is 13.3. The second kappa shape index (κ2) is 4.90. The summed E-state index contributed by atoms with van der Waals surface area (Å²) >= 11 is 6.04. The highest BCUT2D eigenvalue weighted by Crippen LogP contribution is 2.44. The van der Waals surface area contributed by atoms with Gasteiger partial charge in [0.2, 0.25) is 0 Å². The van der Waals surface area contributed by atoms with Gasteiger partial charge in [0.05, 0.1) is 0 Å². The van der Waals surface area contributed by atoms with Crippen LogP contribution >= 0.6 is 11.6 Å². The molecular formula is C16H13ClO4. The van der Waals surface area contributed by atoms with Crippen LogP contribution in [0, 0.1) is 6.92 Å². The average molecular weight is 305 g/mol. The molecule has 21 heavy (non-hydrogen) atoms. The van der Waals surface area contributed by atoms with Gasteiger partial charge in [0.15, 0.2) is 11.5 Å². The lowest BCUT2D eigenvalue weighted by Crippen LogP contribution is -2.08. The van der Waals surface area contributed by atoms with Gasteiger partial charge in [-0.15, -0.1) is 0 Å². The monoisotopic (exact) mass is 304 g/mol. The minimum Gasteiger partial charge on any atom is -0.506 e. The fraction of sp³-hybridized carbons (Fsp3) is 0.125. The van der Waals surface area contributed by atoms with Crippen molar-refractivity contribution in [1.29, 1.82) is 0 Å². The van der Waals surface area contributed by atoms with Gasteiger partial charge in [-0.2, -0.15) is 0 Å². The first-order valence-corrected chi connectivity index (χ1v) is 6.73. The van der Waals surface area contributed by atoms with Crippen molar-refractivity contribution in [3.63, 3.8) is 0 Å². The lowest BCUT2D eigenvalue weighted by Gasteiger charge is -2.22. The minimum atomic E-state index is -0.182. The standard InChI is InChI=1S/C16H13ClO4/c1-8-5-13(19)14(17)16-11(8)6-9(7-21-16)10-3-2-4-12(18)15(10)20/h2-6,18-20H,7H2,1H3. The molecule has 1 aliphatic heterocycles. The first-order valence-electron chi connectivity index (χ1n) is 6.35. The first-order chi connectivity index (χ1) is 9.99. The van der Waals surface area contributed by atoms with Crippen LogP contribution in [0.15, 0.2) is 24.3 Å². The first kappa shape index (κ1) is 13.6. The zero-order chi connectivity index (χ0) is 15.1. The SMILES string of the molecule is Cc1cc(O)c(Cl)c2c1C=C(c1cccc(O)c1O)CO2. The quantitative estimate of drug-likeness (QED) is 0.703. The predicted molar refractivity (Wildman–Crippen MR) is 81.0 cm³/mol. The van der Waals surface area contributed by atoms with Gasteiger partial charge in [0.1, 0.15) is 23.1 Å². The van der Waals surface area contributed by atoms with Gasteiger partial charge in [-0.05, 0) is 30.7 Å². The Hall–Kier alpha value is -2.33. The largest absolute Gasteiger partial charge is 0.506 e. The molecule has 3 N–H and O–H groups in total. The van der Waals surface area contributed by atoms with Crippen LogP contribution in [0.3, 0.4) is 0 Å². The summed E-state index contributed by atoms with van der Waals surface area (Å²) in [7, 11) is 0.